The van der Waals surface area contributed by atoms with Gasteiger partial charge in [0.05, 0.1) is 53.0 Å². The van der Waals surface area contributed by atoms with Crippen LogP contribution in [-0.4, -0.2) is 123 Å². The maximum absolute atomic E-state index is 14.6. The van der Waals surface area contributed by atoms with Crippen LogP contribution in [0.5, 0.6) is 23.0 Å². The average molecular weight is 913 g/mol. The summed E-state index contributed by atoms with van der Waals surface area (Å²) in [7, 11) is 1.44. The Kier molecular flexibility index (Phi) is 15.5. The number of fused-ring (bicyclic) bond motifs is 14. The normalized spacial score (nSPS) is 30.0. The summed E-state index contributed by atoms with van der Waals surface area (Å²) in [4.78, 5) is 43.2. The largest absolute Gasteiger partial charge is 0.507 e. The Morgan fingerprint density at radius 2 is 1.64 bits per heavy atom. The van der Waals surface area contributed by atoms with Crippen LogP contribution in [0.25, 0.3) is 10.8 Å². The first-order chi connectivity index (χ1) is 31.3. The fourth-order valence-electron chi connectivity index (χ4n) is 9.08. The highest BCUT2D eigenvalue weighted by Gasteiger charge is 2.50. The number of aliphatic hydroxyl groups excluding tert-OH is 2. The number of amides is 1. The van der Waals surface area contributed by atoms with Crippen LogP contribution in [0.1, 0.15) is 81.9 Å². The molecule has 66 heavy (non-hydrogen) atoms. The van der Waals surface area contributed by atoms with Crippen LogP contribution in [0, 0.1) is 30.6 Å². The Hall–Kier alpha value is -5.94. The fourth-order valence-corrected chi connectivity index (χ4v) is 9.08. The lowest BCUT2D eigenvalue weighted by Crippen LogP contribution is -2.46. The molecule has 0 spiro atoms. The second-order valence-electron chi connectivity index (χ2n) is 17.9. The number of nitrogens with one attached hydrogen (secondary N) is 1. The number of ketones is 1. The summed E-state index contributed by atoms with van der Waals surface area (Å²) in [6.45, 7) is 15.9. The second-order valence-corrected chi connectivity index (χ2v) is 17.9. The number of esters is 1. The van der Waals surface area contributed by atoms with Crippen molar-refractivity contribution in [3.8, 4) is 23.0 Å². The lowest BCUT2D eigenvalue weighted by molar-refractivity contribution is -0.160. The topological polar surface area (TPSA) is 220 Å². The van der Waals surface area contributed by atoms with E-state index >= 15 is 0 Å². The number of phenolic OH excluding ortho intramolecular Hbond substituents is 3. The number of anilines is 1. The fraction of sp³-hybridized carbons (Fsp3) is 0.480. The number of carbonyl (C=O) groups is 3. The molecule has 0 radical (unpaired) electrons. The molecule has 16 nitrogen and oxygen atoms in total. The van der Waals surface area contributed by atoms with E-state index in [1.165, 1.54) is 65.0 Å². The van der Waals surface area contributed by atoms with E-state index < -0.39 is 88.8 Å². The minimum Gasteiger partial charge on any atom is -0.507 e. The van der Waals surface area contributed by atoms with E-state index in [0.717, 1.165) is 19.5 Å². The molecule has 4 aliphatic heterocycles. The summed E-state index contributed by atoms with van der Waals surface area (Å²) < 4.78 is 23.8. The van der Waals surface area contributed by atoms with E-state index in [2.05, 4.69) is 22.3 Å². The number of aromatic hydroxyl groups is 3. The summed E-state index contributed by atoms with van der Waals surface area (Å²) >= 11 is 0. The average Bonchev–Trinajstić information content (AvgIpc) is 3.39. The number of hydrazone groups is 1. The van der Waals surface area contributed by atoms with Gasteiger partial charge in [0.1, 0.15) is 23.4 Å². The molecule has 3 aromatic carbocycles. The Morgan fingerprint density at radius 3 is 2.32 bits per heavy atom. The highest BCUT2D eigenvalue weighted by Crippen LogP contribution is 2.55. The Morgan fingerprint density at radius 1 is 0.924 bits per heavy atom. The van der Waals surface area contributed by atoms with Crippen molar-refractivity contribution in [3.05, 3.63) is 88.7 Å². The molecule has 6 N–H and O–H groups in total. The predicted molar refractivity (Wildman–Crippen MR) is 249 cm³/mol. The molecule has 0 saturated carbocycles. The number of nitrogens with zero attached hydrogens (tertiary/aromatic N) is 3. The molecule has 4 aliphatic rings. The molecular formula is C50H64N4O12. The number of hydrogen-bond donors (Lipinski definition) is 6. The second kappa shape index (κ2) is 20.7. The molecular weight excluding hydrogens is 849 g/mol. The third-order valence-corrected chi connectivity index (χ3v) is 13.2. The summed E-state index contributed by atoms with van der Waals surface area (Å²) in [6.07, 6.45) is 5.67. The summed E-state index contributed by atoms with van der Waals surface area (Å²) in [5.74, 6) is -8.41. The summed E-state index contributed by atoms with van der Waals surface area (Å²) in [5, 5.41) is 67.8. The summed E-state index contributed by atoms with van der Waals surface area (Å²) in [5.41, 5.74) is 0.823. The quantitative estimate of drug-likeness (QED) is 0.0693. The maximum Gasteiger partial charge on any atom is 0.312 e. The maximum atomic E-state index is 14.6. The highest BCUT2D eigenvalue weighted by molar-refractivity contribution is 6.23. The van der Waals surface area contributed by atoms with Crippen LogP contribution in [0.15, 0.2) is 71.6 Å². The monoisotopic (exact) mass is 912 g/mol. The molecule has 4 heterocycles. The van der Waals surface area contributed by atoms with E-state index in [0.29, 0.717) is 19.6 Å². The zero-order chi connectivity index (χ0) is 48.2. The Bertz CT molecular complexity index is 2420. The van der Waals surface area contributed by atoms with Crippen molar-refractivity contribution >= 4 is 40.3 Å². The van der Waals surface area contributed by atoms with E-state index in [1.807, 2.05) is 23.2 Å². The number of phenols is 3. The lowest BCUT2D eigenvalue weighted by Gasteiger charge is -2.38. The van der Waals surface area contributed by atoms with E-state index in [-0.39, 0.29) is 44.5 Å². The van der Waals surface area contributed by atoms with E-state index in [4.69, 9.17) is 24.0 Å². The summed E-state index contributed by atoms with van der Waals surface area (Å²) in [6, 6.07) is 10.1. The minimum absolute atomic E-state index is 0.0533. The van der Waals surface area contributed by atoms with Gasteiger partial charge in [-0.05, 0) is 31.9 Å². The Balaban J connectivity index is 1.47. The highest BCUT2D eigenvalue weighted by atomic mass is 16.7. The molecule has 0 unspecified atom stereocenters. The molecule has 5 bridgehead atoms. The molecule has 0 aromatic heterocycles. The van der Waals surface area contributed by atoms with E-state index in [9.17, 15) is 39.9 Å². The smallest absolute Gasteiger partial charge is 0.312 e. The van der Waals surface area contributed by atoms with Crippen LogP contribution in [-0.2, 0) is 30.3 Å². The standard InChI is InChI=1S/C50H64N4O12/c1-27-15-13-16-28(2)49(62)52-40-35(25-51-54-21-14-20-53(22-23-54)26-34-17-11-10-12-18-34)44(59)37-38(45(40)60)43(58)32(6)47-39(37)48(61)50(8,66-47)64-24-19-36(63-9)29(3)46(65-33(7)55)31(5)42(57)30(4)41(27)56/h10-13,15-19,24-25,27,29-31,36,41-42,46,56-60H,14,20-23,26H2,1-9H3,(H,52,62)/b15-13+,24-19+,28-16-,51-25-/t27-,29-,30-,31-,36+,41+,42+,46-,50+/m1/s1. The van der Waals surface area contributed by atoms with Crippen molar-refractivity contribution in [2.75, 3.05) is 38.6 Å². The number of rotatable bonds is 6. The van der Waals surface area contributed by atoms with Gasteiger partial charge in [-0.25, -0.2) is 0 Å². The molecule has 3 aromatic rings. The SMILES string of the molecule is CO[C@H]1/C=C/O[C@@]2(C)Oc3c(C)c(O)c4c(O)c(c(/C=N\N5CCCN(Cc6ccccc6)CC5)c(O)c4c3C2=O)NC(=O)/C(C)=C\C=C\[C@@H](C)[C@H](O)[C@@H](C)[C@H](O)[C@@H](C)[C@H](OC(C)=O)[C@@H]1C. The van der Waals surface area contributed by atoms with Gasteiger partial charge >= 0.3 is 11.8 Å². The molecule has 16 heteroatoms. The van der Waals surface area contributed by atoms with Gasteiger partial charge in [0, 0.05) is 93.9 Å². The zero-order valence-corrected chi connectivity index (χ0v) is 39.1. The van der Waals surface area contributed by atoms with Crippen LogP contribution < -0.4 is 10.1 Å². The van der Waals surface area contributed by atoms with Crippen molar-refractivity contribution in [1.82, 2.24) is 9.91 Å². The zero-order valence-electron chi connectivity index (χ0n) is 39.1. The first-order valence-electron chi connectivity index (χ1n) is 22.4. The van der Waals surface area contributed by atoms with Crippen molar-refractivity contribution in [2.24, 2.45) is 28.8 Å². The molecule has 0 aliphatic carbocycles. The number of Topliss-reactive ketones (excluding diaryl/α,β-unsaturated/α-hetero) is 1. The van der Waals surface area contributed by atoms with Gasteiger partial charge in [0.15, 0.2) is 5.75 Å². The van der Waals surface area contributed by atoms with Crippen LogP contribution in [0.4, 0.5) is 5.69 Å². The van der Waals surface area contributed by atoms with Gasteiger partial charge in [-0.2, -0.15) is 5.10 Å². The number of ether oxygens (including phenoxy) is 4. The van der Waals surface area contributed by atoms with Gasteiger partial charge in [-0.1, -0.05) is 76.3 Å². The molecule has 1 fully saturated rings. The van der Waals surface area contributed by atoms with E-state index in [1.54, 1.807) is 39.8 Å². The molecule has 9 atom stereocenters. The lowest BCUT2D eigenvalue weighted by atomic mass is 9.78. The van der Waals surface area contributed by atoms with Gasteiger partial charge in [-0.15, -0.1) is 0 Å². The van der Waals surface area contributed by atoms with Gasteiger partial charge < -0.3 is 49.8 Å². The van der Waals surface area contributed by atoms with Crippen molar-refractivity contribution in [2.45, 2.75) is 98.6 Å². The molecule has 1 saturated heterocycles. The Labute approximate surface area is 385 Å². The number of carbonyl (C=O) groups excluding carboxylic acids is 3. The van der Waals surface area contributed by atoms with Crippen molar-refractivity contribution in [1.29, 1.82) is 0 Å². The predicted octanol–water partition coefficient (Wildman–Crippen LogP) is 6.30. The number of hydrogen-bond acceptors (Lipinski definition) is 15. The van der Waals surface area contributed by atoms with Gasteiger partial charge in [0.2, 0.25) is 0 Å². The van der Waals surface area contributed by atoms with Gasteiger partial charge in [-0.3, -0.25) is 24.3 Å². The van der Waals surface area contributed by atoms with Crippen molar-refractivity contribution < 1.29 is 58.9 Å². The van der Waals surface area contributed by atoms with Crippen LogP contribution >= 0.6 is 0 Å². The molecule has 1 amide bonds. The third-order valence-electron chi connectivity index (χ3n) is 13.2. The molecule has 356 valence electrons. The van der Waals surface area contributed by atoms with Crippen LogP contribution in [0.2, 0.25) is 0 Å². The van der Waals surface area contributed by atoms with Gasteiger partial charge in [0.25, 0.3) is 11.7 Å². The number of methoxy groups -OCH3 is 1. The first kappa shape index (κ1) is 49.5. The number of benzene rings is 3. The number of allylic oxidation sites excluding steroid dienone is 2. The van der Waals surface area contributed by atoms with Crippen LogP contribution in [0.3, 0.4) is 0 Å². The minimum atomic E-state index is -2.06. The third kappa shape index (κ3) is 10.2. The number of aliphatic hydroxyl groups is 2. The first-order valence-corrected chi connectivity index (χ1v) is 22.4. The van der Waals surface area contributed by atoms with Crippen molar-refractivity contribution in [3.63, 3.8) is 0 Å². The molecule has 7 rings (SSSR count).